The first kappa shape index (κ1) is 17.2. The molecule has 1 unspecified atom stereocenters. The number of carbonyl (C=O) groups excluding carboxylic acids is 1. The van der Waals surface area contributed by atoms with Crippen LogP contribution in [0.15, 0.2) is 65.4 Å². The van der Waals surface area contributed by atoms with Crippen LogP contribution in [0.25, 0.3) is 0 Å². The number of hydrogen-bond donors (Lipinski definition) is 1. The Morgan fingerprint density at radius 2 is 1.92 bits per heavy atom. The molecule has 1 atom stereocenters. The van der Waals surface area contributed by atoms with Crippen LogP contribution in [0.2, 0.25) is 0 Å². The van der Waals surface area contributed by atoms with Crippen LogP contribution in [0.1, 0.15) is 22.0 Å². The van der Waals surface area contributed by atoms with Crippen molar-refractivity contribution in [3.05, 3.63) is 76.5 Å². The topological polar surface area (TPSA) is 69.0 Å². The highest BCUT2D eigenvalue weighted by Gasteiger charge is 2.19. The Bertz CT molecular complexity index is 838. The van der Waals surface area contributed by atoms with E-state index in [0.29, 0.717) is 22.3 Å². The van der Waals surface area contributed by atoms with Gasteiger partial charge >= 0.3 is 0 Å². The van der Waals surface area contributed by atoms with Crippen molar-refractivity contribution >= 4 is 21.8 Å². The van der Waals surface area contributed by atoms with Crippen LogP contribution >= 0.6 is 15.9 Å². The van der Waals surface area contributed by atoms with Gasteiger partial charge in [0.15, 0.2) is 0 Å². The molecule has 0 radical (unpaired) electrons. The highest BCUT2D eigenvalue weighted by molar-refractivity contribution is 9.10. The molecule has 7 heteroatoms. The van der Waals surface area contributed by atoms with Gasteiger partial charge in [-0.2, -0.15) is 15.0 Å². The number of benzene rings is 2. The predicted octanol–water partition coefficient (Wildman–Crippen LogP) is 3.22. The molecule has 2 aromatic carbocycles. The number of nitrogens with zero attached hydrogens (tertiary/aromatic N) is 3. The van der Waals surface area contributed by atoms with Gasteiger partial charge in [0.1, 0.15) is 5.75 Å². The summed E-state index contributed by atoms with van der Waals surface area (Å²) in [7, 11) is 1.57. The van der Waals surface area contributed by atoms with E-state index in [-0.39, 0.29) is 11.9 Å². The number of rotatable bonds is 6. The standard InChI is InChI=1S/C18H17BrN4O2/c1-25-14-7-8-16(19)15(11-14)18(24)22-17(12-23-20-9-10-21-23)13-5-3-2-4-6-13/h2-11,17H,12H2,1H3,(H,22,24). The Morgan fingerprint density at radius 1 is 1.20 bits per heavy atom. The van der Waals surface area contributed by atoms with E-state index in [1.165, 1.54) is 0 Å². The van der Waals surface area contributed by atoms with Gasteiger partial charge in [-0.15, -0.1) is 0 Å². The lowest BCUT2D eigenvalue weighted by Gasteiger charge is -2.19. The third-order valence-corrected chi connectivity index (χ3v) is 4.43. The van der Waals surface area contributed by atoms with Crippen LogP contribution in [0.4, 0.5) is 0 Å². The molecule has 1 aromatic heterocycles. The lowest BCUT2D eigenvalue weighted by molar-refractivity contribution is 0.0929. The summed E-state index contributed by atoms with van der Waals surface area (Å²) in [6, 6.07) is 14.8. The van der Waals surface area contributed by atoms with Gasteiger partial charge in [-0.05, 0) is 39.7 Å². The summed E-state index contributed by atoms with van der Waals surface area (Å²) in [5, 5.41) is 11.3. The molecule has 0 bridgehead atoms. The van der Waals surface area contributed by atoms with Crippen molar-refractivity contribution in [2.24, 2.45) is 0 Å². The van der Waals surface area contributed by atoms with Crippen LogP contribution in [0.3, 0.4) is 0 Å². The zero-order valence-corrected chi connectivity index (χ0v) is 15.2. The molecule has 0 aliphatic rings. The average molecular weight is 401 g/mol. The molecule has 1 amide bonds. The van der Waals surface area contributed by atoms with Gasteiger partial charge in [0.2, 0.25) is 0 Å². The summed E-state index contributed by atoms with van der Waals surface area (Å²) in [5.41, 5.74) is 1.49. The van der Waals surface area contributed by atoms with Gasteiger partial charge in [0, 0.05) is 4.47 Å². The van der Waals surface area contributed by atoms with Crippen molar-refractivity contribution in [3.8, 4) is 5.75 Å². The highest BCUT2D eigenvalue weighted by atomic mass is 79.9. The molecule has 0 aliphatic carbocycles. The van der Waals surface area contributed by atoms with E-state index in [0.717, 1.165) is 5.56 Å². The number of carbonyl (C=O) groups is 1. The number of amides is 1. The maximum absolute atomic E-state index is 12.8. The van der Waals surface area contributed by atoms with Crippen molar-refractivity contribution < 1.29 is 9.53 Å². The molecule has 128 valence electrons. The van der Waals surface area contributed by atoms with E-state index in [2.05, 4.69) is 31.4 Å². The van der Waals surface area contributed by atoms with Crippen LogP contribution in [-0.4, -0.2) is 28.0 Å². The number of methoxy groups -OCH3 is 1. The lowest BCUT2D eigenvalue weighted by Crippen LogP contribution is -2.32. The molecule has 0 aliphatic heterocycles. The number of aromatic nitrogens is 3. The van der Waals surface area contributed by atoms with E-state index in [9.17, 15) is 4.79 Å². The second-order valence-electron chi connectivity index (χ2n) is 5.37. The van der Waals surface area contributed by atoms with Crippen LogP contribution in [0, 0.1) is 0 Å². The van der Waals surface area contributed by atoms with Crippen LogP contribution in [0.5, 0.6) is 5.75 Å². The average Bonchev–Trinajstić information content (AvgIpc) is 3.15. The molecule has 3 rings (SSSR count). The van der Waals surface area contributed by atoms with Gasteiger partial charge in [-0.3, -0.25) is 4.79 Å². The molecule has 3 aromatic rings. The van der Waals surface area contributed by atoms with E-state index >= 15 is 0 Å². The summed E-state index contributed by atoms with van der Waals surface area (Å²) in [4.78, 5) is 14.4. The molecule has 0 saturated carbocycles. The second-order valence-corrected chi connectivity index (χ2v) is 6.22. The molecule has 1 heterocycles. The molecule has 25 heavy (non-hydrogen) atoms. The summed E-state index contributed by atoms with van der Waals surface area (Å²) in [5.74, 6) is 0.421. The summed E-state index contributed by atoms with van der Waals surface area (Å²) >= 11 is 3.42. The van der Waals surface area contributed by atoms with Crippen molar-refractivity contribution in [2.45, 2.75) is 12.6 Å². The number of nitrogens with one attached hydrogen (secondary N) is 1. The molecular formula is C18H17BrN4O2. The van der Waals surface area contributed by atoms with Gasteiger partial charge in [0.25, 0.3) is 5.91 Å². The van der Waals surface area contributed by atoms with E-state index in [1.54, 1.807) is 42.5 Å². The van der Waals surface area contributed by atoms with Crippen molar-refractivity contribution in [2.75, 3.05) is 7.11 Å². The third kappa shape index (κ3) is 4.24. The fourth-order valence-corrected chi connectivity index (χ4v) is 2.89. The summed E-state index contributed by atoms with van der Waals surface area (Å²) in [6.45, 7) is 0.435. The van der Waals surface area contributed by atoms with Crippen molar-refractivity contribution in [1.29, 1.82) is 0 Å². The second kappa shape index (κ2) is 7.94. The van der Waals surface area contributed by atoms with Crippen molar-refractivity contribution in [3.63, 3.8) is 0 Å². The zero-order chi connectivity index (χ0) is 17.6. The van der Waals surface area contributed by atoms with E-state index in [1.807, 2.05) is 30.3 Å². The number of hydrogen-bond acceptors (Lipinski definition) is 4. The highest BCUT2D eigenvalue weighted by Crippen LogP contribution is 2.24. The van der Waals surface area contributed by atoms with Crippen LogP contribution < -0.4 is 10.1 Å². The van der Waals surface area contributed by atoms with Crippen molar-refractivity contribution in [1.82, 2.24) is 20.3 Å². The van der Waals surface area contributed by atoms with Gasteiger partial charge < -0.3 is 10.1 Å². The SMILES string of the molecule is COc1ccc(Br)c(C(=O)NC(Cn2nccn2)c2ccccc2)c1. The summed E-state index contributed by atoms with van der Waals surface area (Å²) in [6.07, 6.45) is 3.23. The minimum atomic E-state index is -0.265. The fraction of sp³-hybridized carbons (Fsp3) is 0.167. The Hall–Kier alpha value is -2.67. The smallest absolute Gasteiger partial charge is 0.253 e. The third-order valence-electron chi connectivity index (χ3n) is 3.74. The Kier molecular flexibility index (Phi) is 5.45. The Balaban J connectivity index is 1.86. The van der Waals surface area contributed by atoms with Gasteiger partial charge in [0.05, 0.1) is 37.7 Å². The van der Waals surface area contributed by atoms with Crippen LogP contribution in [-0.2, 0) is 6.54 Å². The first-order chi connectivity index (χ1) is 12.2. The molecular weight excluding hydrogens is 384 g/mol. The Morgan fingerprint density at radius 3 is 2.60 bits per heavy atom. The molecule has 1 N–H and O–H groups in total. The van der Waals surface area contributed by atoms with Gasteiger partial charge in [-0.25, -0.2) is 0 Å². The molecule has 0 fully saturated rings. The first-order valence-electron chi connectivity index (χ1n) is 7.71. The quantitative estimate of drug-likeness (QED) is 0.689. The van der Waals surface area contributed by atoms with E-state index < -0.39 is 0 Å². The minimum absolute atomic E-state index is 0.202. The number of halogens is 1. The minimum Gasteiger partial charge on any atom is -0.497 e. The zero-order valence-electron chi connectivity index (χ0n) is 13.6. The largest absolute Gasteiger partial charge is 0.497 e. The normalized spacial score (nSPS) is 11.8. The lowest BCUT2D eigenvalue weighted by atomic mass is 10.1. The maximum Gasteiger partial charge on any atom is 0.253 e. The molecule has 0 spiro atoms. The molecule has 0 saturated heterocycles. The van der Waals surface area contributed by atoms with Gasteiger partial charge in [-0.1, -0.05) is 30.3 Å². The summed E-state index contributed by atoms with van der Waals surface area (Å²) < 4.78 is 5.91. The Labute approximate surface area is 153 Å². The number of ether oxygens (including phenoxy) is 1. The molecule has 6 nitrogen and oxygen atoms in total. The van der Waals surface area contributed by atoms with E-state index in [4.69, 9.17) is 4.74 Å². The fourth-order valence-electron chi connectivity index (χ4n) is 2.46. The predicted molar refractivity (Wildman–Crippen MR) is 97.4 cm³/mol. The maximum atomic E-state index is 12.8. The first-order valence-corrected chi connectivity index (χ1v) is 8.50. The monoisotopic (exact) mass is 400 g/mol.